The van der Waals surface area contributed by atoms with Gasteiger partial charge in [-0.1, -0.05) is 31.2 Å². The maximum Gasteiger partial charge on any atom is 0.293 e. The van der Waals surface area contributed by atoms with Crippen molar-refractivity contribution in [1.82, 2.24) is 4.90 Å². The normalized spacial score (nSPS) is 16.3. The summed E-state index contributed by atoms with van der Waals surface area (Å²) >= 11 is 0.959. The molecular formula is C24H27NO4S. The highest BCUT2D eigenvalue weighted by atomic mass is 32.2. The molecule has 30 heavy (non-hydrogen) atoms. The van der Waals surface area contributed by atoms with Crippen LogP contribution in [0.5, 0.6) is 11.5 Å². The highest BCUT2D eigenvalue weighted by Gasteiger charge is 2.34. The van der Waals surface area contributed by atoms with Crippen molar-refractivity contribution < 1.29 is 19.1 Å². The van der Waals surface area contributed by atoms with Gasteiger partial charge in [-0.05, 0) is 79.9 Å². The fourth-order valence-corrected chi connectivity index (χ4v) is 3.78. The van der Waals surface area contributed by atoms with Crippen LogP contribution in [-0.2, 0) is 4.79 Å². The highest BCUT2D eigenvalue weighted by Crippen LogP contribution is 2.32. The first-order chi connectivity index (χ1) is 14.4. The van der Waals surface area contributed by atoms with Gasteiger partial charge in [0.05, 0.1) is 17.6 Å². The van der Waals surface area contributed by atoms with Crippen LogP contribution in [0.2, 0.25) is 0 Å². The standard InChI is InChI=1S/C24H27NO4S/c1-5-18(4)29-20-10-8-19(9-11-20)15-22-23(26)25(24(27)30-22)12-13-28-21-14-16(2)6-7-17(21)3/h6-11,14-15,18H,5,12-13H2,1-4H3/b22-15-. The summed E-state index contributed by atoms with van der Waals surface area (Å²) in [6.07, 6.45) is 2.82. The molecule has 0 aromatic heterocycles. The lowest BCUT2D eigenvalue weighted by molar-refractivity contribution is -0.123. The van der Waals surface area contributed by atoms with Crippen LogP contribution in [0.3, 0.4) is 0 Å². The molecule has 6 heteroatoms. The third-order valence-electron chi connectivity index (χ3n) is 4.88. The number of nitrogens with zero attached hydrogens (tertiary/aromatic N) is 1. The summed E-state index contributed by atoms with van der Waals surface area (Å²) in [6.45, 7) is 8.54. The van der Waals surface area contributed by atoms with Crippen LogP contribution >= 0.6 is 11.8 Å². The quantitative estimate of drug-likeness (QED) is 0.516. The third-order valence-corrected chi connectivity index (χ3v) is 5.79. The van der Waals surface area contributed by atoms with Crippen molar-refractivity contribution in [1.29, 1.82) is 0 Å². The molecule has 0 N–H and O–H groups in total. The number of imide groups is 1. The molecule has 5 nitrogen and oxygen atoms in total. The number of carbonyl (C=O) groups is 2. The molecule has 158 valence electrons. The molecule has 1 aliphatic heterocycles. The fourth-order valence-electron chi connectivity index (χ4n) is 2.91. The fraction of sp³-hybridized carbons (Fsp3) is 0.333. The Labute approximate surface area is 182 Å². The lowest BCUT2D eigenvalue weighted by atomic mass is 10.1. The Morgan fingerprint density at radius 1 is 1.10 bits per heavy atom. The maximum absolute atomic E-state index is 12.7. The van der Waals surface area contributed by atoms with Gasteiger partial charge in [-0.25, -0.2) is 0 Å². The van der Waals surface area contributed by atoms with Gasteiger partial charge in [0.25, 0.3) is 11.1 Å². The molecule has 0 aliphatic carbocycles. The second-order valence-corrected chi connectivity index (χ2v) is 8.35. The molecule has 2 aromatic rings. The Kier molecular flexibility index (Phi) is 7.21. The van der Waals surface area contributed by atoms with Gasteiger partial charge in [-0.2, -0.15) is 0 Å². The second kappa shape index (κ2) is 9.85. The van der Waals surface area contributed by atoms with E-state index in [1.165, 1.54) is 4.90 Å². The molecule has 3 rings (SSSR count). The Balaban J connectivity index is 1.60. The Hall–Kier alpha value is -2.73. The molecule has 1 heterocycles. The lowest BCUT2D eigenvalue weighted by Gasteiger charge is -2.14. The van der Waals surface area contributed by atoms with Crippen LogP contribution in [0.1, 0.15) is 37.0 Å². The minimum atomic E-state index is -0.283. The first-order valence-electron chi connectivity index (χ1n) is 10.1. The minimum Gasteiger partial charge on any atom is -0.491 e. The number of hydrogen-bond donors (Lipinski definition) is 0. The summed E-state index contributed by atoms with van der Waals surface area (Å²) in [4.78, 5) is 26.6. The van der Waals surface area contributed by atoms with Crippen LogP contribution in [-0.4, -0.2) is 35.3 Å². The van der Waals surface area contributed by atoms with Crippen molar-refractivity contribution in [2.45, 2.75) is 40.2 Å². The lowest BCUT2D eigenvalue weighted by Crippen LogP contribution is -2.32. The van der Waals surface area contributed by atoms with E-state index in [-0.39, 0.29) is 30.4 Å². The number of thioether (sulfide) groups is 1. The predicted octanol–water partition coefficient (Wildman–Crippen LogP) is 5.60. The number of aryl methyl sites for hydroxylation is 2. The van der Waals surface area contributed by atoms with Gasteiger partial charge in [0.15, 0.2) is 0 Å². The SMILES string of the molecule is CCC(C)Oc1ccc(/C=C2\SC(=O)N(CCOc3cc(C)ccc3C)C2=O)cc1. The number of ether oxygens (including phenoxy) is 2. The van der Waals surface area contributed by atoms with E-state index in [1.54, 1.807) is 6.08 Å². The first kappa shape index (κ1) is 22.0. The van der Waals surface area contributed by atoms with E-state index in [2.05, 4.69) is 6.92 Å². The summed E-state index contributed by atoms with van der Waals surface area (Å²) < 4.78 is 11.6. The van der Waals surface area contributed by atoms with E-state index in [4.69, 9.17) is 9.47 Å². The van der Waals surface area contributed by atoms with Gasteiger partial charge < -0.3 is 9.47 Å². The van der Waals surface area contributed by atoms with Crippen molar-refractivity contribution in [3.05, 3.63) is 64.1 Å². The largest absolute Gasteiger partial charge is 0.491 e. The molecule has 1 saturated heterocycles. The van der Waals surface area contributed by atoms with E-state index in [0.717, 1.165) is 46.4 Å². The number of benzene rings is 2. The molecular weight excluding hydrogens is 398 g/mol. The van der Waals surface area contributed by atoms with E-state index in [1.807, 2.05) is 63.2 Å². The van der Waals surface area contributed by atoms with Crippen molar-refractivity contribution in [2.75, 3.05) is 13.2 Å². The molecule has 0 bridgehead atoms. The van der Waals surface area contributed by atoms with Gasteiger partial charge in [0.2, 0.25) is 0 Å². The molecule has 1 unspecified atom stereocenters. The second-order valence-electron chi connectivity index (χ2n) is 7.36. The van der Waals surface area contributed by atoms with E-state index < -0.39 is 0 Å². The van der Waals surface area contributed by atoms with Gasteiger partial charge in [-0.3, -0.25) is 14.5 Å². The van der Waals surface area contributed by atoms with Crippen LogP contribution in [0.15, 0.2) is 47.4 Å². The topological polar surface area (TPSA) is 55.8 Å². The first-order valence-corrected chi connectivity index (χ1v) is 10.9. The monoisotopic (exact) mass is 425 g/mol. The summed E-state index contributed by atoms with van der Waals surface area (Å²) in [5.41, 5.74) is 2.98. The average Bonchev–Trinajstić information content (AvgIpc) is 2.99. The van der Waals surface area contributed by atoms with Crippen molar-refractivity contribution in [2.24, 2.45) is 0 Å². The maximum atomic E-state index is 12.7. The molecule has 1 atom stereocenters. The Morgan fingerprint density at radius 3 is 2.53 bits per heavy atom. The Bertz CT molecular complexity index is 952. The average molecular weight is 426 g/mol. The molecule has 2 aromatic carbocycles. The third kappa shape index (κ3) is 5.45. The summed E-state index contributed by atoms with van der Waals surface area (Å²) in [5, 5.41) is -0.271. The van der Waals surface area contributed by atoms with Crippen LogP contribution in [0.4, 0.5) is 4.79 Å². The zero-order valence-electron chi connectivity index (χ0n) is 17.8. The van der Waals surface area contributed by atoms with E-state index in [9.17, 15) is 9.59 Å². The van der Waals surface area contributed by atoms with Gasteiger partial charge in [0, 0.05) is 0 Å². The smallest absolute Gasteiger partial charge is 0.293 e. The molecule has 0 spiro atoms. The molecule has 2 amide bonds. The van der Waals surface area contributed by atoms with Gasteiger partial charge in [0.1, 0.15) is 18.1 Å². The van der Waals surface area contributed by atoms with Crippen molar-refractivity contribution >= 4 is 29.0 Å². The van der Waals surface area contributed by atoms with Crippen molar-refractivity contribution in [3.63, 3.8) is 0 Å². The molecule has 1 fully saturated rings. The van der Waals surface area contributed by atoms with Gasteiger partial charge in [-0.15, -0.1) is 0 Å². The summed E-state index contributed by atoms with van der Waals surface area (Å²) in [7, 11) is 0. The zero-order valence-corrected chi connectivity index (χ0v) is 18.6. The van der Waals surface area contributed by atoms with Crippen LogP contribution < -0.4 is 9.47 Å². The predicted molar refractivity (Wildman–Crippen MR) is 121 cm³/mol. The zero-order chi connectivity index (χ0) is 21.7. The summed E-state index contributed by atoms with van der Waals surface area (Å²) in [6, 6.07) is 13.5. The van der Waals surface area contributed by atoms with Gasteiger partial charge >= 0.3 is 0 Å². The van der Waals surface area contributed by atoms with Crippen LogP contribution in [0, 0.1) is 13.8 Å². The molecule has 0 saturated carbocycles. The minimum absolute atomic E-state index is 0.151. The van der Waals surface area contributed by atoms with Crippen LogP contribution in [0.25, 0.3) is 6.08 Å². The Morgan fingerprint density at radius 2 is 1.83 bits per heavy atom. The number of amides is 2. The van der Waals surface area contributed by atoms with E-state index in [0.29, 0.717) is 4.91 Å². The number of hydrogen-bond acceptors (Lipinski definition) is 5. The summed E-state index contributed by atoms with van der Waals surface area (Å²) in [5.74, 6) is 1.28. The van der Waals surface area contributed by atoms with E-state index >= 15 is 0 Å². The molecule has 1 aliphatic rings. The molecule has 0 radical (unpaired) electrons. The van der Waals surface area contributed by atoms with Crippen molar-refractivity contribution in [3.8, 4) is 11.5 Å². The number of rotatable bonds is 8. The highest BCUT2D eigenvalue weighted by molar-refractivity contribution is 8.18. The number of carbonyl (C=O) groups excluding carboxylic acids is 2.